The van der Waals surface area contributed by atoms with Gasteiger partial charge in [-0.1, -0.05) is 36.4 Å². The van der Waals surface area contributed by atoms with Crippen LogP contribution in [0.4, 0.5) is 17.1 Å². The molecule has 3 aromatic carbocycles. The van der Waals surface area contributed by atoms with Crippen molar-refractivity contribution in [1.29, 1.82) is 0 Å². The van der Waals surface area contributed by atoms with Crippen LogP contribution in [0.3, 0.4) is 0 Å². The molecule has 0 atom stereocenters. The highest BCUT2D eigenvalue weighted by atomic mass is 16.2. The summed E-state index contributed by atoms with van der Waals surface area (Å²) in [5.74, 6) is 0.0100. The summed E-state index contributed by atoms with van der Waals surface area (Å²) in [7, 11) is 1.84. The van der Waals surface area contributed by atoms with Crippen molar-refractivity contribution in [3.63, 3.8) is 0 Å². The second-order valence-electron chi connectivity index (χ2n) is 9.57. The average molecular weight is 480 g/mol. The molecular weight excluding hydrogens is 450 g/mol. The van der Waals surface area contributed by atoms with Crippen molar-refractivity contribution in [3.05, 3.63) is 95.0 Å². The Morgan fingerprint density at radius 3 is 2.28 bits per heavy atom. The Morgan fingerprint density at radius 2 is 1.47 bits per heavy atom. The molecule has 0 bridgehead atoms. The fourth-order valence-corrected chi connectivity index (χ4v) is 5.53. The number of aromatic nitrogens is 2. The van der Waals surface area contributed by atoms with Crippen LogP contribution in [0.2, 0.25) is 0 Å². The fourth-order valence-electron chi connectivity index (χ4n) is 5.53. The molecule has 0 aliphatic carbocycles. The predicted octanol–water partition coefficient (Wildman–Crippen LogP) is 4.46. The Balaban J connectivity index is 1.19. The van der Waals surface area contributed by atoms with E-state index in [-0.39, 0.29) is 17.5 Å². The van der Waals surface area contributed by atoms with Gasteiger partial charge in [-0.25, -0.2) is 4.98 Å². The zero-order chi connectivity index (χ0) is 24.6. The number of nitrogens with zero attached hydrogens (tertiary/aromatic N) is 5. The van der Waals surface area contributed by atoms with Crippen molar-refractivity contribution in [1.82, 2.24) is 14.5 Å². The van der Waals surface area contributed by atoms with Gasteiger partial charge in [-0.15, -0.1) is 0 Å². The van der Waals surface area contributed by atoms with Crippen LogP contribution in [-0.2, 0) is 0 Å². The molecule has 2 aliphatic rings. The standard InChI is InChI=1S/C29H29N5O2/c1-31-26-12-6-7-13-27(26)33(25-11-5-3-9-23(25)28(31)35)19-18-32-16-14-21(15-17-32)34-20-30-24-10-4-2-8-22(24)29(34)36/h2-13,20-21H,14-19H2,1H3. The van der Waals surface area contributed by atoms with Crippen molar-refractivity contribution >= 4 is 33.9 Å². The third-order valence-corrected chi connectivity index (χ3v) is 7.54. The number of anilines is 3. The molecule has 7 nitrogen and oxygen atoms in total. The predicted molar refractivity (Wildman–Crippen MR) is 143 cm³/mol. The highest BCUT2D eigenvalue weighted by Crippen LogP contribution is 2.39. The normalized spacial score (nSPS) is 16.6. The highest BCUT2D eigenvalue weighted by molar-refractivity contribution is 6.13. The number of carbonyl (C=O) groups excluding carboxylic acids is 1. The van der Waals surface area contributed by atoms with Gasteiger partial charge in [-0.2, -0.15) is 0 Å². The summed E-state index contributed by atoms with van der Waals surface area (Å²) in [4.78, 5) is 37.2. The van der Waals surface area contributed by atoms with E-state index in [1.54, 1.807) is 11.2 Å². The quantitative estimate of drug-likeness (QED) is 0.433. The number of hydrogen-bond acceptors (Lipinski definition) is 5. The van der Waals surface area contributed by atoms with Gasteiger partial charge in [-0.05, 0) is 49.2 Å². The molecule has 0 radical (unpaired) electrons. The first kappa shape index (κ1) is 22.5. The van der Waals surface area contributed by atoms with Crippen molar-refractivity contribution in [2.45, 2.75) is 18.9 Å². The van der Waals surface area contributed by atoms with Gasteiger partial charge in [0.1, 0.15) is 0 Å². The summed E-state index contributed by atoms with van der Waals surface area (Å²) in [6.45, 7) is 3.48. The van der Waals surface area contributed by atoms with Crippen molar-refractivity contribution in [2.24, 2.45) is 0 Å². The van der Waals surface area contributed by atoms with Crippen LogP contribution in [-0.4, -0.2) is 53.6 Å². The third-order valence-electron chi connectivity index (χ3n) is 7.54. The lowest BCUT2D eigenvalue weighted by atomic mass is 10.0. The maximum absolute atomic E-state index is 13.2. The van der Waals surface area contributed by atoms with Gasteiger partial charge in [0.25, 0.3) is 11.5 Å². The Morgan fingerprint density at radius 1 is 0.806 bits per heavy atom. The summed E-state index contributed by atoms with van der Waals surface area (Å²) < 4.78 is 1.82. The van der Waals surface area contributed by atoms with E-state index in [0.717, 1.165) is 67.2 Å². The molecule has 0 spiro atoms. The minimum Gasteiger partial charge on any atom is -0.338 e. The fraction of sp³-hybridized carbons (Fsp3) is 0.276. The number of para-hydroxylation sites is 4. The van der Waals surface area contributed by atoms with Crippen LogP contribution < -0.4 is 15.4 Å². The molecule has 0 N–H and O–H groups in total. The summed E-state index contributed by atoms with van der Waals surface area (Å²) in [5.41, 5.74) is 4.42. The average Bonchev–Trinajstić information content (AvgIpc) is 3.02. The van der Waals surface area contributed by atoms with Gasteiger partial charge >= 0.3 is 0 Å². The van der Waals surface area contributed by atoms with Crippen molar-refractivity contribution in [2.75, 3.05) is 43.0 Å². The Bertz CT molecular complexity index is 1490. The van der Waals surface area contributed by atoms with E-state index in [0.29, 0.717) is 5.39 Å². The molecule has 6 rings (SSSR count). The van der Waals surface area contributed by atoms with E-state index in [2.05, 4.69) is 20.9 Å². The number of rotatable bonds is 4. The van der Waals surface area contributed by atoms with E-state index in [9.17, 15) is 9.59 Å². The molecule has 7 heteroatoms. The number of fused-ring (bicyclic) bond motifs is 3. The van der Waals surface area contributed by atoms with Crippen LogP contribution >= 0.6 is 0 Å². The van der Waals surface area contributed by atoms with Crippen LogP contribution in [0.1, 0.15) is 29.2 Å². The van der Waals surface area contributed by atoms with E-state index in [1.807, 2.05) is 78.3 Å². The van der Waals surface area contributed by atoms with Gasteiger partial charge in [-0.3, -0.25) is 14.2 Å². The zero-order valence-corrected chi connectivity index (χ0v) is 20.4. The molecule has 4 aromatic rings. The Hall–Kier alpha value is -3.97. The molecule has 1 fully saturated rings. The number of amides is 1. The number of hydrogen-bond donors (Lipinski definition) is 0. The monoisotopic (exact) mass is 479 g/mol. The number of benzene rings is 3. The van der Waals surface area contributed by atoms with Gasteiger partial charge in [0.05, 0.1) is 39.9 Å². The second kappa shape index (κ2) is 9.24. The molecule has 1 amide bonds. The zero-order valence-electron chi connectivity index (χ0n) is 20.4. The molecule has 1 aromatic heterocycles. The van der Waals surface area contributed by atoms with Gasteiger partial charge in [0.15, 0.2) is 0 Å². The number of piperidine rings is 1. The number of carbonyl (C=O) groups is 1. The molecule has 0 unspecified atom stereocenters. The molecular formula is C29H29N5O2. The maximum atomic E-state index is 13.2. The largest absolute Gasteiger partial charge is 0.338 e. The van der Waals surface area contributed by atoms with Crippen molar-refractivity contribution < 1.29 is 4.79 Å². The first-order chi connectivity index (χ1) is 17.6. The molecule has 182 valence electrons. The first-order valence-corrected chi connectivity index (χ1v) is 12.5. The summed E-state index contributed by atoms with van der Waals surface area (Å²) >= 11 is 0. The number of likely N-dealkylation sites (tertiary alicyclic amines) is 1. The van der Waals surface area contributed by atoms with E-state index < -0.39 is 0 Å². The summed E-state index contributed by atoms with van der Waals surface area (Å²) in [6, 6.07) is 23.7. The highest BCUT2D eigenvalue weighted by Gasteiger charge is 2.29. The van der Waals surface area contributed by atoms with Gasteiger partial charge < -0.3 is 14.7 Å². The minimum atomic E-state index is 0.0100. The Labute approximate surface area is 210 Å². The van der Waals surface area contributed by atoms with Crippen LogP contribution in [0.25, 0.3) is 10.9 Å². The van der Waals surface area contributed by atoms with Crippen molar-refractivity contribution in [3.8, 4) is 0 Å². The van der Waals surface area contributed by atoms with Crippen LogP contribution in [0.15, 0.2) is 83.9 Å². The molecule has 3 heterocycles. The summed E-state index contributed by atoms with van der Waals surface area (Å²) in [5, 5.41) is 0.681. The lowest BCUT2D eigenvalue weighted by molar-refractivity contribution is 0.0994. The molecule has 2 aliphatic heterocycles. The van der Waals surface area contributed by atoms with E-state index in [4.69, 9.17) is 0 Å². The van der Waals surface area contributed by atoms with E-state index >= 15 is 0 Å². The lowest BCUT2D eigenvalue weighted by Gasteiger charge is -2.35. The molecule has 36 heavy (non-hydrogen) atoms. The maximum Gasteiger partial charge on any atom is 0.261 e. The van der Waals surface area contributed by atoms with E-state index in [1.165, 1.54) is 0 Å². The smallest absolute Gasteiger partial charge is 0.261 e. The lowest BCUT2D eigenvalue weighted by Crippen LogP contribution is -2.40. The first-order valence-electron chi connectivity index (χ1n) is 12.5. The molecule has 0 saturated carbocycles. The van der Waals surface area contributed by atoms with Crippen LogP contribution in [0, 0.1) is 0 Å². The van der Waals surface area contributed by atoms with Gasteiger partial charge in [0.2, 0.25) is 0 Å². The topological polar surface area (TPSA) is 61.7 Å². The van der Waals surface area contributed by atoms with Gasteiger partial charge in [0, 0.05) is 39.3 Å². The third kappa shape index (κ3) is 3.85. The second-order valence-corrected chi connectivity index (χ2v) is 9.57. The molecule has 1 saturated heterocycles. The Kier molecular flexibility index (Phi) is 5.77. The SMILES string of the molecule is CN1C(=O)c2ccccc2N(CCN2CCC(n3cnc4ccccc4c3=O)CC2)c2ccccc21. The van der Waals surface area contributed by atoms with Crippen LogP contribution in [0.5, 0.6) is 0 Å². The minimum absolute atomic E-state index is 0.0100. The summed E-state index contributed by atoms with van der Waals surface area (Å²) in [6.07, 6.45) is 3.53.